The first-order chi connectivity index (χ1) is 18.6. The number of carbonyl (C=O) groups excluding carboxylic acids is 1. The maximum atomic E-state index is 11.3. The standard InChI is InChI=1S/C9H7BrN2O2.C8H10BrN3.C8H5BrN2O2.3CH4.Li.2H2O/c1-14-9(13)7-4-11-8-3-2-6(10)5-12(7)8;1-12(2)6-11-8-4-3-7(9)5-10-8;9-5-1-2-7-10-3-6(8(12)13)11(7)4-5;;;;;;/h2-5H,1H3;3-6H,1-2H3;1-4H,(H,12,13);3*1H4;;2*1H2/q;;;;;;+1;;/p-1. The molecule has 242 valence electrons. The summed E-state index contributed by atoms with van der Waals surface area (Å²) in [4.78, 5) is 40.1. The number of halogens is 3. The molecule has 13 nitrogen and oxygen atoms in total. The molecule has 4 N–H and O–H groups in total. The van der Waals surface area contributed by atoms with Crippen LogP contribution in [0.3, 0.4) is 0 Å². The van der Waals surface area contributed by atoms with Crippen molar-refractivity contribution in [1.29, 1.82) is 0 Å². The number of rotatable bonds is 4. The molecule has 0 unspecified atom stereocenters. The first-order valence-corrected chi connectivity index (χ1v) is 13.4. The van der Waals surface area contributed by atoms with E-state index in [2.05, 4.69) is 72.5 Å². The van der Waals surface area contributed by atoms with Crippen molar-refractivity contribution in [2.75, 3.05) is 21.2 Å². The first kappa shape index (κ1) is 48.8. The van der Waals surface area contributed by atoms with Crippen molar-refractivity contribution in [3.05, 3.63) is 92.2 Å². The molecule has 0 radical (unpaired) electrons. The summed E-state index contributed by atoms with van der Waals surface area (Å²) in [5, 5.41) is 8.79. The molecule has 0 atom stereocenters. The number of aromatic nitrogens is 5. The van der Waals surface area contributed by atoms with E-state index in [1.807, 2.05) is 49.3 Å². The average molecular weight is 814 g/mol. The molecule has 5 aromatic rings. The number of hydrogen-bond donors (Lipinski definition) is 1. The number of aromatic carboxylic acids is 1. The summed E-state index contributed by atoms with van der Waals surface area (Å²) in [5.74, 6) is -0.659. The van der Waals surface area contributed by atoms with E-state index in [9.17, 15) is 9.59 Å². The number of carboxylic acid groups (broad SMARTS) is 1. The summed E-state index contributed by atoms with van der Waals surface area (Å²) in [6.07, 6.45) is 9.72. The Balaban J connectivity index is -0.000000263. The van der Waals surface area contributed by atoms with E-state index in [0.717, 1.165) is 13.4 Å². The van der Waals surface area contributed by atoms with Gasteiger partial charge in [-0.25, -0.2) is 29.5 Å². The Hall–Kier alpha value is -3.10. The molecule has 5 rings (SSSR count). The predicted molar refractivity (Wildman–Crippen MR) is 184 cm³/mol. The fourth-order valence-corrected chi connectivity index (χ4v) is 3.85. The third-order valence-electron chi connectivity index (χ3n) is 4.69. The summed E-state index contributed by atoms with van der Waals surface area (Å²) >= 11 is 9.88. The van der Waals surface area contributed by atoms with Crippen LogP contribution in [-0.4, -0.2) is 84.2 Å². The second kappa shape index (κ2) is 23.3. The second-order valence-corrected chi connectivity index (χ2v) is 10.5. The molecule has 0 bridgehead atoms. The van der Waals surface area contributed by atoms with Crippen LogP contribution >= 0.6 is 47.8 Å². The number of methoxy groups -OCH3 is 1. The van der Waals surface area contributed by atoms with Crippen LogP contribution in [0, 0.1) is 0 Å². The number of imidazole rings is 2. The molecule has 5 aromatic heterocycles. The maximum Gasteiger partial charge on any atom is 1.00 e. The second-order valence-electron chi connectivity index (χ2n) is 7.78. The van der Waals surface area contributed by atoms with Crippen LogP contribution in [0.1, 0.15) is 43.3 Å². The van der Waals surface area contributed by atoms with Crippen molar-refractivity contribution in [2.45, 2.75) is 22.3 Å². The minimum Gasteiger partial charge on any atom is -0.870 e. The van der Waals surface area contributed by atoms with Gasteiger partial charge in [-0.3, -0.25) is 8.80 Å². The third-order valence-corrected chi connectivity index (χ3v) is 6.09. The maximum absolute atomic E-state index is 11.3. The number of fused-ring (bicyclic) bond motifs is 2. The smallest absolute Gasteiger partial charge is 0.870 e. The van der Waals surface area contributed by atoms with E-state index in [1.54, 1.807) is 35.4 Å². The Kier molecular flexibility index (Phi) is 25.2. The largest absolute Gasteiger partial charge is 1.00 e. The molecule has 0 aromatic carbocycles. The van der Waals surface area contributed by atoms with Crippen molar-refractivity contribution in [3.8, 4) is 0 Å². The van der Waals surface area contributed by atoms with Crippen LogP contribution in [0.4, 0.5) is 5.82 Å². The van der Waals surface area contributed by atoms with E-state index < -0.39 is 11.9 Å². The Morgan fingerprint density at radius 2 is 1.29 bits per heavy atom. The van der Waals surface area contributed by atoms with Crippen molar-refractivity contribution < 1.29 is 49.2 Å². The number of aliphatic imine (C=N–C) groups is 1. The fourth-order valence-electron chi connectivity index (χ4n) is 2.94. The van der Waals surface area contributed by atoms with Gasteiger partial charge in [0.05, 0.1) is 25.8 Å². The van der Waals surface area contributed by atoms with Gasteiger partial charge in [-0.1, -0.05) is 22.3 Å². The molecule has 0 aliphatic carbocycles. The quantitative estimate of drug-likeness (QED) is 0.122. The Morgan fingerprint density at radius 1 is 0.822 bits per heavy atom. The summed E-state index contributed by atoms with van der Waals surface area (Å²) < 4.78 is 10.5. The molecule has 0 fully saturated rings. The van der Waals surface area contributed by atoms with Crippen molar-refractivity contribution >= 4 is 83.2 Å². The van der Waals surface area contributed by atoms with E-state index in [0.29, 0.717) is 22.8 Å². The van der Waals surface area contributed by atoms with E-state index >= 15 is 0 Å². The van der Waals surface area contributed by atoms with E-state index in [1.165, 1.54) is 23.9 Å². The van der Waals surface area contributed by atoms with Crippen LogP contribution in [-0.2, 0) is 4.74 Å². The van der Waals surface area contributed by atoms with Gasteiger partial charge in [0, 0.05) is 46.1 Å². The first-order valence-electron chi connectivity index (χ1n) is 11.0. The van der Waals surface area contributed by atoms with Gasteiger partial charge in [0.1, 0.15) is 11.3 Å². The van der Waals surface area contributed by atoms with Gasteiger partial charge >= 0.3 is 30.8 Å². The van der Waals surface area contributed by atoms with Crippen molar-refractivity contribution in [2.24, 2.45) is 4.99 Å². The number of carbonyl (C=O) groups is 2. The molecule has 0 aliphatic heterocycles. The summed E-state index contributed by atoms with van der Waals surface area (Å²) in [7, 11) is 5.18. The Bertz CT molecular complexity index is 1630. The van der Waals surface area contributed by atoms with Crippen LogP contribution in [0.25, 0.3) is 11.3 Å². The van der Waals surface area contributed by atoms with E-state index in [-0.39, 0.29) is 57.8 Å². The number of pyridine rings is 3. The van der Waals surface area contributed by atoms with Crippen molar-refractivity contribution in [1.82, 2.24) is 28.7 Å². The Morgan fingerprint density at radius 3 is 1.71 bits per heavy atom. The van der Waals surface area contributed by atoms with Crippen LogP contribution in [0.5, 0.6) is 0 Å². The molecule has 0 spiro atoms. The normalized spacial score (nSPS) is 9.11. The minimum absolute atomic E-state index is 0. The van der Waals surface area contributed by atoms with Gasteiger partial charge in [0.15, 0.2) is 17.2 Å². The third kappa shape index (κ3) is 14.2. The Labute approximate surface area is 300 Å². The number of nitrogens with zero attached hydrogens (tertiary/aromatic N) is 7. The molecule has 0 saturated carbocycles. The van der Waals surface area contributed by atoms with Gasteiger partial charge < -0.3 is 25.7 Å². The van der Waals surface area contributed by atoms with Gasteiger partial charge in [0.2, 0.25) is 0 Å². The topological polar surface area (TPSA) is 188 Å². The molecule has 0 saturated heterocycles. The van der Waals surface area contributed by atoms with Gasteiger partial charge in [-0.05, 0) is 84.2 Å². The molecule has 45 heavy (non-hydrogen) atoms. The average Bonchev–Trinajstić information content (AvgIpc) is 3.52. The van der Waals surface area contributed by atoms with Crippen LogP contribution in [0.2, 0.25) is 0 Å². The molecule has 0 aliphatic rings. The summed E-state index contributed by atoms with van der Waals surface area (Å²) in [6.45, 7) is 0. The number of esters is 1. The summed E-state index contributed by atoms with van der Waals surface area (Å²) in [6, 6.07) is 11.0. The number of ether oxygens (including phenoxy) is 1. The molecular weight excluding hydrogens is 777 g/mol. The van der Waals surface area contributed by atoms with Crippen LogP contribution in [0.15, 0.2) is 85.8 Å². The van der Waals surface area contributed by atoms with Gasteiger partial charge in [0.25, 0.3) is 0 Å². The summed E-state index contributed by atoms with van der Waals surface area (Å²) in [5.41, 5.74) is 1.93. The molecule has 0 amide bonds. The van der Waals surface area contributed by atoms with Gasteiger partial charge in [-0.2, -0.15) is 0 Å². The predicted octanol–water partition coefficient (Wildman–Crippen LogP) is 3.65. The van der Waals surface area contributed by atoms with E-state index in [4.69, 9.17) is 5.11 Å². The zero-order valence-electron chi connectivity index (χ0n) is 22.8. The molecule has 5 heterocycles. The van der Waals surface area contributed by atoms with Crippen molar-refractivity contribution in [3.63, 3.8) is 0 Å². The van der Waals surface area contributed by atoms with Gasteiger partial charge in [-0.15, -0.1) is 0 Å². The monoisotopic (exact) mass is 811 g/mol. The number of hydrogen-bond acceptors (Lipinski definition) is 8. The SMILES string of the molecule is C.C.C.CN(C)C=Nc1ccc(Br)cn1.COC(=O)c1cnc2ccc(Br)cn12.O.O=C(O)c1cnc2ccc(Br)cn12.[Li+].[OH-]. The molecule has 17 heteroatoms. The zero-order valence-corrected chi connectivity index (χ0v) is 27.6. The molecular formula is C28H37Br3LiN7O6. The zero-order chi connectivity index (χ0) is 28.5. The fraction of sp³-hybridized carbons (Fsp3) is 0.214. The minimum atomic E-state index is -0.981. The van der Waals surface area contributed by atoms with Crippen LogP contribution < -0.4 is 18.9 Å². The number of carboxylic acids is 1.